The highest BCUT2D eigenvalue weighted by Gasteiger charge is 2.36. The lowest BCUT2D eigenvalue weighted by Gasteiger charge is -2.13. The molecule has 1 saturated carbocycles. The van der Waals surface area contributed by atoms with Gasteiger partial charge in [0.2, 0.25) is 9.05 Å². The third-order valence-electron chi connectivity index (χ3n) is 2.06. The van der Waals surface area contributed by atoms with Crippen molar-refractivity contribution >= 4 is 19.7 Å². The molecule has 0 bridgehead atoms. The fraction of sp³-hybridized carbons (Fsp3) is 1.00. The molecule has 0 aromatic carbocycles. The molecule has 0 amide bonds. The third-order valence-corrected chi connectivity index (χ3v) is 4.01. The van der Waals surface area contributed by atoms with E-state index in [2.05, 4.69) is 0 Å². The van der Waals surface area contributed by atoms with Gasteiger partial charge in [-0.1, -0.05) is 0 Å². The highest BCUT2D eigenvalue weighted by molar-refractivity contribution is 8.14. The summed E-state index contributed by atoms with van der Waals surface area (Å²) in [7, 11) is 3.31. The molecule has 2 atom stereocenters. The molecule has 1 rings (SSSR count). The molecule has 11 heavy (non-hydrogen) atoms. The summed E-state index contributed by atoms with van der Waals surface area (Å²) >= 11 is 0. The third kappa shape index (κ3) is 2.07. The van der Waals surface area contributed by atoms with Crippen LogP contribution in [0.4, 0.5) is 0 Å². The zero-order valence-corrected chi connectivity index (χ0v) is 7.86. The van der Waals surface area contributed by atoms with Crippen LogP contribution in [0.1, 0.15) is 19.3 Å². The predicted octanol–water partition coefficient (Wildman–Crippen LogP) is 1.12. The van der Waals surface area contributed by atoms with Crippen LogP contribution in [0.15, 0.2) is 0 Å². The van der Waals surface area contributed by atoms with Crippen molar-refractivity contribution in [3.05, 3.63) is 0 Å². The molecule has 0 heterocycles. The van der Waals surface area contributed by atoms with E-state index in [1.54, 1.807) is 0 Å². The second-order valence-electron chi connectivity index (χ2n) is 2.72. The summed E-state index contributed by atoms with van der Waals surface area (Å²) in [4.78, 5) is 0. The van der Waals surface area contributed by atoms with E-state index in [1.807, 2.05) is 0 Å². The Morgan fingerprint density at radius 1 is 1.45 bits per heavy atom. The Morgan fingerprint density at radius 2 is 2.09 bits per heavy atom. The average Bonchev–Trinajstić information content (AvgIpc) is 2.31. The first-order valence-corrected chi connectivity index (χ1v) is 5.89. The van der Waals surface area contributed by atoms with Gasteiger partial charge >= 0.3 is 0 Å². The Morgan fingerprint density at radius 3 is 2.45 bits per heavy atom. The van der Waals surface area contributed by atoms with Gasteiger partial charge in [-0.25, -0.2) is 8.42 Å². The summed E-state index contributed by atoms with van der Waals surface area (Å²) in [5.74, 6) is 0. The second-order valence-corrected chi connectivity index (χ2v) is 5.57. The molecule has 0 N–H and O–H groups in total. The summed E-state index contributed by atoms with van der Waals surface area (Å²) < 4.78 is 26.8. The van der Waals surface area contributed by atoms with Gasteiger partial charge in [0.05, 0.1) is 6.10 Å². The maximum absolute atomic E-state index is 10.9. The van der Waals surface area contributed by atoms with Crippen molar-refractivity contribution in [2.45, 2.75) is 30.6 Å². The van der Waals surface area contributed by atoms with Crippen LogP contribution < -0.4 is 0 Å². The number of methoxy groups -OCH3 is 1. The molecule has 0 aliphatic heterocycles. The molecule has 1 aliphatic rings. The van der Waals surface area contributed by atoms with Crippen LogP contribution in [0.2, 0.25) is 0 Å². The van der Waals surface area contributed by atoms with Crippen LogP contribution in [-0.4, -0.2) is 26.9 Å². The maximum Gasteiger partial charge on any atom is 0.238 e. The van der Waals surface area contributed by atoms with Gasteiger partial charge in [-0.2, -0.15) is 0 Å². The molecular formula is C6H11ClO3S. The number of halogens is 1. The molecule has 1 aliphatic carbocycles. The largest absolute Gasteiger partial charge is 0.380 e. The number of hydrogen-bond acceptors (Lipinski definition) is 3. The Balaban J connectivity index is 2.72. The minimum absolute atomic E-state index is 0.197. The van der Waals surface area contributed by atoms with Crippen molar-refractivity contribution in [1.29, 1.82) is 0 Å². The first-order valence-electron chi connectivity index (χ1n) is 3.52. The predicted molar refractivity (Wildman–Crippen MR) is 43.2 cm³/mol. The van der Waals surface area contributed by atoms with E-state index in [-0.39, 0.29) is 6.10 Å². The first kappa shape index (κ1) is 9.29. The van der Waals surface area contributed by atoms with Gasteiger partial charge in [0.1, 0.15) is 5.25 Å². The summed E-state index contributed by atoms with van der Waals surface area (Å²) in [5, 5.41) is -0.492. The quantitative estimate of drug-likeness (QED) is 0.625. The van der Waals surface area contributed by atoms with Gasteiger partial charge in [-0.15, -0.1) is 0 Å². The van der Waals surface area contributed by atoms with Gasteiger partial charge in [-0.05, 0) is 19.3 Å². The summed E-state index contributed by atoms with van der Waals surface area (Å²) in [5.41, 5.74) is 0. The van der Waals surface area contributed by atoms with Crippen LogP contribution in [0.5, 0.6) is 0 Å². The van der Waals surface area contributed by atoms with Crippen molar-refractivity contribution in [3.8, 4) is 0 Å². The van der Waals surface area contributed by atoms with Crippen LogP contribution in [0.3, 0.4) is 0 Å². The monoisotopic (exact) mass is 198 g/mol. The summed E-state index contributed by atoms with van der Waals surface area (Å²) in [6, 6.07) is 0. The van der Waals surface area contributed by atoms with Crippen LogP contribution in [0.25, 0.3) is 0 Å². The molecular weight excluding hydrogens is 188 g/mol. The van der Waals surface area contributed by atoms with Crippen LogP contribution in [-0.2, 0) is 13.8 Å². The van der Waals surface area contributed by atoms with Gasteiger partial charge in [0, 0.05) is 17.8 Å². The molecule has 0 aromatic heterocycles. The van der Waals surface area contributed by atoms with E-state index >= 15 is 0 Å². The van der Waals surface area contributed by atoms with Crippen molar-refractivity contribution in [2.75, 3.05) is 7.11 Å². The van der Waals surface area contributed by atoms with E-state index in [1.165, 1.54) is 7.11 Å². The topological polar surface area (TPSA) is 43.4 Å². The SMILES string of the molecule is CO[C@@H]1CCC[C@H]1S(=O)(=O)Cl. The van der Waals surface area contributed by atoms with E-state index < -0.39 is 14.3 Å². The lowest BCUT2D eigenvalue weighted by atomic mass is 10.3. The van der Waals surface area contributed by atoms with Crippen molar-refractivity contribution in [3.63, 3.8) is 0 Å². The Bertz CT molecular complexity index is 224. The molecule has 5 heteroatoms. The Hall–Kier alpha value is 0.200. The highest BCUT2D eigenvalue weighted by Crippen LogP contribution is 2.29. The molecule has 66 valence electrons. The molecule has 0 aromatic rings. The first-order chi connectivity index (χ1) is 5.05. The fourth-order valence-corrected chi connectivity index (χ4v) is 3.15. The van der Waals surface area contributed by atoms with Crippen LogP contribution >= 0.6 is 10.7 Å². The standard InChI is InChI=1S/C6H11ClO3S/c1-10-5-3-2-4-6(5)11(7,8)9/h5-6H,2-4H2,1H3/t5-,6-/m1/s1. The highest BCUT2D eigenvalue weighted by atomic mass is 35.7. The second kappa shape index (κ2) is 3.29. The van der Waals surface area contributed by atoms with E-state index in [9.17, 15) is 8.42 Å². The van der Waals surface area contributed by atoms with E-state index in [0.29, 0.717) is 6.42 Å². The maximum atomic E-state index is 10.9. The average molecular weight is 199 g/mol. The lowest BCUT2D eigenvalue weighted by Crippen LogP contribution is -2.27. The van der Waals surface area contributed by atoms with Gasteiger partial charge < -0.3 is 4.74 Å². The van der Waals surface area contributed by atoms with Gasteiger partial charge in [-0.3, -0.25) is 0 Å². The van der Waals surface area contributed by atoms with Crippen LogP contribution in [0, 0.1) is 0 Å². The number of ether oxygens (including phenoxy) is 1. The number of hydrogen-bond donors (Lipinski definition) is 0. The summed E-state index contributed by atoms with van der Waals surface area (Å²) in [6.45, 7) is 0. The molecule has 0 saturated heterocycles. The summed E-state index contributed by atoms with van der Waals surface area (Å²) in [6.07, 6.45) is 2.12. The molecule has 3 nitrogen and oxygen atoms in total. The van der Waals surface area contributed by atoms with Crippen molar-refractivity contribution in [2.24, 2.45) is 0 Å². The molecule has 0 unspecified atom stereocenters. The zero-order valence-electron chi connectivity index (χ0n) is 6.29. The lowest BCUT2D eigenvalue weighted by molar-refractivity contribution is 0.111. The van der Waals surface area contributed by atoms with E-state index in [0.717, 1.165) is 12.8 Å². The molecule has 0 radical (unpaired) electrons. The minimum Gasteiger partial charge on any atom is -0.380 e. The number of rotatable bonds is 2. The smallest absolute Gasteiger partial charge is 0.238 e. The molecule has 0 spiro atoms. The van der Waals surface area contributed by atoms with Gasteiger partial charge in [0.15, 0.2) is 0 Å². The Kier molecular flexibility index (Phi) is 2.78. The molecule has 1 fully saturated rings. The van der Waals surface area contributed by atoms with Gasteiger partial charge in [0.25, 0.3) is 0 Å². The fourth-order valence-electron chi connectivity index (χ4n) is 1.48. The van der Waals surface area contributed by atoms with Crippen molar-refractivity contribution < 1.29 is 13.2 Å². The van der Waals surface area contributed by atoms with E-state index in [4.69, 9.17) is 15.4 Å². The van der Waals surface area contributed by atoms with Crippen molar-refractivity contribution in [1.82, 2.24) is 0 Å². The Labute approximate surface area is 71.1 Å². The zero-order chi connectivity index (χ0) is 8.48. The minimum atomic E-state index is -3.42. The normalized spacial score (nSPS) is 32.5.